The molecular weight excluding hydrogens is 360 g/mol. The smallest absolute Gasteiger partial charge is 0.317 e. The first-order valence-corrected chi connectivity index (χ1v) is 10.1. The maximum atomic E-state index is 12.7. The monoisotopic (exact) mass is 388 g/mol. The van der Waals surface area contributed by atoms with E-state index in [1.54, 1.807) is 0 Å². The number of rotatable bonds is 3. The molecule has 2 atom stereocenters. The van der Waals surface area contributed by atoms with Crippen LogP contribution in [0.2, 0.25) is 0 Å². The van der Waals surface area contributed by atoms with Gasteiger partial charge in [0.05, 0.1) is 12.3 Å². The van der Waals surface area contributed by atoms with Crippen molar-refractivity contribution >= 4 is 17.8 Å². The largest absolute Gasteiger partial charge is 0.380 e. The van der Waals surface area contributed by atoms with Crippen LogP contribution in [-0.4, -0.2) is 65.9 Å². The molecule has 1 aromatic heterocycles. The Morgan fingerprint density at radius 1 is 1.18 bits per heavy atom. The number of hydrogen-bond donors (Lipinski definition) is 2. The lowest BCUT2D eigenvalue weighted by Crippen LogP contribution is -2.46. The number of nitrogens with one attached hydrogen (secondary N) is 1. The third kappa shape index (κ3) is 4.19. The molecule has 3 amide bonds. The van der Waals surface area contributed by atoms with Crippen LogP contribution in [0.3, 0.4) is 0 Å². The van der Waals surface area contributed by atoms with Crippen LogP contribution in [0.4, 0.5) is 10.6 Å². The molecule has 9 nitrogen and oxygen atoms in total. The average Bonchev–Trinajstić information content (AvgIpc) is 3.00. The van der Waals surface area contributed by atoms with Crippen molar-refractivity contribution in [3.05, 3.63) is 17.3 Å². The molecule has 0 radical (unpaired) electrons. The number of anilines is 1. The van der Waals surface area contributed by atoms with E-state index in [-0.39, 0.29) is 23.9 Å². The second-order valence-electron chi connectivity index (χ2n) is 7.86. The minimum absolute atomic E-state index is 0.0228. The zero-order valence-corrected chi connectivity index (χ0v) is 16.1. The minimum atomic E-state index is -0.270. The second-order valence-corrected chi connectivity index (χ2v) is 7.86. The second kappa shape index (κ2) is 8.30. The number of carbonyl (C=O) groups excluding carboxylic acids is 2. The molecule has 4 rings (SSSR count). The summed E-state index contributed by atoms with van der Waals surface area (Å²) in [5, 5.41) is 11.9. The Morgan fingerprint density at radius 3 is 2.89 bits per heavy atom. The van der Waals surface area contributed by atoms with Crippen LogP contribution in [0, 0.1) is 5.92 Å². The van der Waals surface area contributed by atoms with Crippen LogP contribution >= 0.6 is 0 Å². The molecule has 9 heteroatoms. The number of nitrogens with two attached hydrogens (primary N) is 1. The number of hydrogen-bond acceptors (Lipinski definition) is 6. The molecule has 1 aliphatic carbocycles. The maximum absolute atomic E-state index is 12.7. The summed E-state index contributed by atoms with van der Waals surface area (Å²) >= 11 is 0. The van der Waals surface area contributed by atoms with Gasteiger partial charge in [-0.2, -0.15) is 5.10 Å². The highest BCUT2D eigenvalue weighted by Gasteiger charge is 2.31. The number of aromatic nitrogens is 2. The summed E-state index contributed by atoms with van der Waals surface area (Å²) in [6, 6.07) is 2.00. The molecule has 1 saturated carbocycles. The Morgan fingerprint density at radius 2 is 2.07 bits per heavy atom. The number of nitrogens with zero attached hydrogens (tertiary/aromatic N) is 4. The molecule has 3 aliphatic rings. The van der Waals surface area contributed by atoms with Crippen molar-refractivity contribution in [2.24, 2.45) is 11.7 Å². The summed E-state index contributed by atoms with van der Waals surface area (Å²) in [6.07, 6.45) is 3.87. The molecule has 0 unspecified atom stereocenters. The fraction of sp³-hybridized carbons (Fsp3) is 0.684. The van der Waals surface area contributed by atoms with Crippen molar-refractivity contribution in [2.45, 2.75) is 44.7 Å². The summed E-state index contributed by atoms with van der Waals surface area (Å²) in [6.45, 7) is 4.33. The van der Waals surface area contributed by atoms with E-state index in [1.807, 2.05) is 4.90 Å². The van der Waals surface area contributed by atoms with Gasteiger partial charge in [0.15, 0.2) is 5.82 Å². The van der Waals surface area contributed by atoms with Gasteiger partial charge in [0.2, 0.25) is 5.91 Å². The first-order valence-electron chi connectivity index (χ1n) is 10.1. The molecular formula is C19H28N6O3. The number of amides is 3. The van der Waals surface area contributed by atoms with E-state index in [0.717, 1.165) is 56.0 Å². The van der Waals surface area contributed by atoms with E-state index >= 15 is 0 Å². The zero-order valence-electron chi connectivity index (χ0n) is 16.1. The van der Waals surface area contributed by atoms with Crippen LogP contribution in [0.15, 0.2) is 6.07 Å². The standard InChI is InChI=1S/C19H28N6O3/c20-18(26)13-2-3-15(10-13)21-19(27)25-6-4-16-14(12-25)11-17(23-22-16)24-5-1-8-28-9-7-24/h11,13,15H,1-10,12H2,(H2,20,26)(H,21,27)/t13-,15+/m1/s1. The third-order valence-corrected chi connectivity index (χ3v) is 5.92. The Kier molecular flexibility index (Phi) is 5.61. The van der Waals surface area contributed by atoms with Gasteiger partial charge in [-0.1, -0.05) is 0 Å². The Labute approximate surface area is 164 Å². The van der Waals surface area contributed by atoms with Crippen LogP contribution in [0.25, 0.3) is 0 Å². The SMILES string of the molecule is NC(=O)[C@@H]1CC[C@H](NC(=O)N2CCc3nnc(N4CCCOCC4)cc3C2)C1. The van der Waals surface area contributed by atoms with Gasteiger partial charge in [-0.05, 0) is 37.3 Å². The Bertz CT molecular complexity index is 734. The normalized spacial score (nSPS) is 25.1. The molecule has 3 heterocycles. The van der Waals surface area contributed by atoms with Crippen molar-refractivity contribution in [3.63, 3.8) is 0 Å². The van der Waals surface area contributed by atoms with Gasteiger partial charge in [-0.3, -0.25) is 4.79 Å². The topological polar surface area (TPSA) is 114 Å². The molecule has 0 aromatic carbocycles. The molecule has 2 aliphatic heterocycles. The summed E-state index contributed by atoms with van der Waals surface area (Å²) in [7, 11) is 0. The lowest BCUT2D eigenvalue weighted by atomic mass is 10.1. The lowest BCUT2D eigenvalue weighted by Gasteiger charge is -2.30. The number of ether oxygens (including phenoxy) is 1. The van der Waals surface area contributed by atoms with Crippen LogP contribution < -0.4 is 16.0 Å². The first kappa shape index (κ1) is 18.9. The summed E-state index contributed by atoms with van der Waals surface area (Å²) in [5.74, 6) is 0.461. The fourth-order valence-electron chi connectivity index (χ4n) is 4.26. The van der Waals surface area contributed by atoms with Crippen LogP contribution in [-0.2, 0) is 22.5 Å². The summed E-state index contributed by atoms with van der Waals surface area (Å²) in [4.78, 5) is 28.1. The van der Waals surface area contributed by atoms with Crippen molar-refractivity contribution in [1.82, 2.24) is 20.4 Å². The number of carbonyl (C=O) groups is 2. The predicted molar refractivity (Wildman–Crippen MR) is 103 cm³/mol. The Balaban J connectivity index is 1.38. The summed E-state index contributed by atoms with van der Waals surface area (Å²) < 4.78 is 5.51. The number of primary amides is 1. The minimum Gasteiger partial charge on any atom is -0.380 e. The van der Waals surface area contributed by atoms with E-state index in [2.05, 4.69) is 26.5 Å². The molecule has 0 spiro atoms. The van der Waals surface area contributed by atoms with E-state index in [4.69, 9.17) is 10.5 Å². The number of fused-ring (bicyclic) bond motifs is 1. The van der Waals surface area contributed by atoms with E-state index in [0.29, 0.717) is 32.5 Å². The maximum Gasteiger partial charge on any atom is 0.317 e. The average molecular weight is 388 g/mol. The van der Waals surface area contributed by atoms with Gasteiger partial charge in [0.25, 0.3) is 0 Å². The third-order valence-electron chi connectivity index (χ3n) is 5.92. The van der Waals surface area contributed by atoms with Gasteiger partial charge in [-0.15, -0.1) is 5.10 Å². The lowest BCUT2D eigenvalue weighted by molar-refractivity contribution is -0.121. The van der Waals surface area contributed by atoms with E-state index in [9.17, 15) is 9.59 Å². The van der Waals surface area contributed by atoms with E-state index < -0.39 is 0 Å². The van der Waals surface area contributed by atoms with E-state index in [1.165, 1.54) is 0 Å². The zero-order chi connectivity index (χ0) is 19.5. The van der Waals surface area contributed by atoms with Gasteiger partial charge >= 0.3 is 6.03 Å². The molecule has 0 bridgehead atoms. The van der Waals surface area contributed by atoms with Gasteiger partial charge < -0.3 is 25.6 Å². The van der Waals surface area contributed by atoms with Crippen molar-refractivity contribution in [1.29, 1.82) is 0 Å². The molecule has 152 valence electrons. The van der Waals surface area contributed by atoms with Gasteiger partial charge in [-0.25, -0.2) is 4.79 Å². The number of urea groups is 1. The van der Waals surface area contributed by atoms with Crippen molar-refractivity contribution in [3.8, 4) is 0 Å². The van der Waals surface area contributed by atoms with Crippen LogP contribution in [0.5, 0.6) is 0 Å². The molecule has 28 heavy (non-hydrogen) atoms. The summed E-state index contributed by atoms with van der Waals surface area (Å²) in [5.41, 5.74) is 7.41. The quantitative estimate of drug-likeness (QED) is 0.776. The highest BCUT2D eigenvalue weighted by atomic mass is 16.5. The van der Waals surface area contributed by atoms with Gasteiger partial charge in [0.1, 0.15) is 0 Å². The van der Waals surface area contributed by atoms with Crippen molar-refractivity contribution < 1.29 is 14.3 Å². The molecule has 1 aromatic rings. The van der Waals surface area contributed by atoms with Gasteiger partial charge in [0, 0.05) is 51.2 Å². The molecule has 2 fully saturated rings. The Hall–Kier alpha value is -2.42. The fourth-order valence-corrected chi connectivity index (χ4v) is 4.26. The first-order chi connectivity index (χ1) is 13.6. The molecule has 3 N–H and O–H groups in total. The highest BCUT2D eigenvalue weighted by molar-refractivity contribution is 5.78. The molecule has 1 saturated heterocycles. The van der Waals surface area contributed by atoms with Crippen molar-refractivity contribution in [2.75, 3.05) is 37.7 Å². The van der Waals surface area contributed by atoms with Crippen LogP contribution in [0.1, 0.15) is 36.9 Å². The predicted octanol–water partition coefficient (Wildman–Crippen LogP) is 0.425. The highest BCUT2D eigenvalue weighted by Crippen LogP contribution is 2.26.